The fraction of sp³-hybridized carbons (Fsp3) is 0.438. The highest BCUT2D eigenvalue weighted by atomic mass is 16.2. The SMILES string of the molecule is CC(C)(C)NC(=O)CNC(=O)C(C#N)Cc1ccccc1. The number of hydrogen-bond acceptors (Lipinski definition) is 3. The molecule has 0 saturated heterocycles. The average molecular weight is 287 g/mol. The van der Waals surface area contributed by atoms with Gasteiger partial charge >= 0.3 is 0 Å². The number of amides is 2. The van der Waals surface area contributed by atoms with E-state index < -0.39 is 11.8 Å². The molecule has 0 aliphatic heterocycles. The van der Waals surface area contributed by atoms with Gasteiger partial charge in [-0.3, -0.25) is 9.59 Å². The minimum atomic E-state index is -0.796. The van der Waals surface area contributed by atoms with Gasteiger partial charge in [-0.15, -0.1) is 0 Å². The average Bonchev–Trinajstić information content (AvgIpc) is 2.41. The number of hydrogen-bond donors (Lipinski definition) is 2. The molecule has 0 aliphatic carbocycles. The van der Waals surface area contributed by atoms with Crippen molar-refractivity contribution in [2.75, 3.05) is 6.54 Å². The quantitative estimate of drug-likeness (QED) is 0.858. The zero-order chi connectivity index (χ0) is 15.9. The van der Waals surface area contributed by atoms with Gasteiger partial charge in [-0.25, -0.2) is 0 Å². The van der Waals surface area contributed by atoms with Crippen molar-refractivity contribution in [2.45, 2.75) is 32.7 Å². The van der Waals surface area contributed by atoms with Crippen LogP contribution in [0.4, 0.5) is 0 Å². The fourth-order valence-electron chi connectivity index (χ4n) is 1.80. The van der Waals surface area contributed by atoms with Gasteiger partial charge in [0, 0.05) is 5.54 Å². The molecule has 2 N–H and O–H groups in total. The van der Waals surface area contributed by atoms with Crippen LogP contribution < -0.4 is 10.6 Å². The van der Waals surface area contributed by atoms with Crippen LogP contribution in [0, 0.1) is 17.2 Å². The second-order valence-electron chi connectivity index (χ2n) is 5.89. The second kappa shape index (κ2) is 7.44. The Hall–Kier alpha value is -2.35. The van der Waals surface area contributed by atoms with Crippen LogP contribution in [0.15, 0.2) is 30.3 Å². The molecule has 0 saturated carbocycles. The van der Waals surface area contributed by atoms with Gasteiger partial charge in [0.25, 0.3) is 0 Å². The van der Waals surface area contributed by atoms with Gasteiger partial charge in [-0.2, -0.15) is 5.26 Å². The highest BCUT2D eigenvalue weighted by Gasteiger charge is 2.20. The zero-order valence-corrected chi connectivity index (χ0v) is 12.6. The first kappa shape index (κ1) is 16.7. The van der Waals surface area contributed by atoms with E-state index in [1.54, 1.807) is 0 Å². The lowest BCUT2D eigenvalue weighted by atomic mass is 10.00. The normalized spacial score (nSPS) is 12.1. The third-order valence-electron chi connectivity index (χ3n) is 2.69. The summed E-state index contributed by atoms with van der Waals surface area (Å²) >= 11 is 0. The van der Waals surface area contributed by atoms with Crippen LogP contribution in [0.2, 0.25) is 0 Å². The van der Waals surface area contributed by atoms with Crippen molar-refractivity contribution < 1.29 is 9.59 Å². The summed E-state index contributed by atoms with van der Waals surface area (Å²) in [5.41, 5.74) is 0.568. The summed E-state index contributed by atoms with van der Waals surface area (Å²) in [6, 6.07) is 11.3. The molecule has 1 aromatic carbocycles. The molecule has 2 amide bonds. The maximum atomic E-state index is 11.9. The first-order chi connectivity index (χ1) is 9.81. The molecule has 0 aromatic heterocycles. The molecule has 0 fully saturated rings. The Balaban J connectivity index is 2.49. The molecule has 5 heteroatoms. The predicted octanol–water partition coefficient (Wildman–Crippen LogP) is 1.40. The first-order valence-corrected chi connectivity index (χ1v) is 6.84. The number of benzene rings is 1. The van der Waals surface area contributed by atoms with Crippen LogP contribution in [-0.2, 0) is 16.0 Å². The maximum Gasteiger partial charge on any atom is 0.239 e. The molecular formula is C16H21N3O2. The minimum absolute atomic E-state index is 0.122. The highest BCUT2D eigenvalue weighted by Crippen LogP contribution is 2.08. The third kappa shape index (κ3) is 6.57. The lowest BCUT2D eigenvalue weighted by molar-refractivity contribution is -0.128. The molecule has 1 unspecified atom stereocenters. The Morgan fingerprint density at radius 3 is 2.38 bits per heavy atom. The number of nitrogens with one attached hydrogen (secondary N) is 2. The van der Waals surface area contributed by atoms with Gasteiger partial charge in [0.05, 0.1) is 12.6 Å². The Morgan fingerprint density at radius 1 is 1.24 bits per heavy atom. The van der Waals surface area contributed by atoms with Gasteiger partial charge in [0.1, 0.15) is 5.92 Å². The van der Waals surface area contributed by atoms with Gasteiger partial charge < -0.3 is 10.6 Å². The molecule has 1 rings (SSSR count). The molecule has 1 aromatic rings. The van der Waals surface area contributed by atoms with Crippen LogP contribution in [0.3, 0.4) is 0 Å². The molecule has 0 spiro atoms. The number of nitrogens with zero attached hydrogens (tertiary/aromatic N) is 1. The molecule has 21 heavy (non-hydrogen) atoms. The smallest absolute Gasteiger partial charge is 0.239 e. The monoisotopic (exact) mass is 287 g/mol. The summed E-state index contributed by atoms with van der Waals surface area (Å²) in [5, 5.41) is 14.3. The van der Waals surface area contributed by atoms with Crippen LogP contribution in [-0.4, -0.2) is 23.9 Å². The van der Waals surface area contributed by atoms with Gasteiger partial charge in [-0.1, -0.05) is 30.3 Å². The molecular weight excluding hydrogens is 266 g/mol. The van der Waals surface area contributed by atoms with Crippen molar-refractivity contribution in [3.8, 4) is 6.07 Å². The molecule has 1 atom stereocenters. The van der Waals surface area contributed by atoms with E-state index in [1.165, 1.54) is 0 Å². The van der Waals surface area contributed by atoms with E-state index in [-0.39, 0.29) is 18.0 Å². The van der Waals surface area contributed by atoms with Gasteiger partial charge in [0.15, 0.2) is 0 Å². The summed E-state index contributed by atoms with van der Waals surface area (Å²) in [6.07, 6.45) is 0.337. The van der Waals surface area contributed by atoms with Crippen molar-refractivity contribution in [1.82, 2.24) is 10.6 Å². The van der Waals surface area contributed by atoms with Crippen molar-refractivity contribution in [1.29, 1.82) is 5.26 Å². The van der Waals surface area contributed by atoms with Crippen LogP contribution in [0.5, 0.6) is 0 Å². The molecule has 5 nitrogen and oxygen atoms in total. The van der Waals surface area contributed by atoms with E-state index in [0.717, 1.165) is 5.56 Å². The molecule has 0 heterocycles. The standard InChI is InChI=1S/C16H21N3O2/c1-16(2,3)19-14(20)11-18-15(21)13(10-17)9-12-7-5-4-6-8-12/h4-8,13H,9,11H2,1-3H3,(H,18,21)(H,19,20). The molecule has 112 valence electrons. The summed E-state index contributed by atoms with van der Waals surface area (Å²) < 4.78 is 0. The van der Waals surface area contributed by atoms with E-state index in [2.05, 4.69) is 10.6 Å². The highest BCUT2D eigenvalue weighted by molar-refractivity contribution is 5.87. The second-order valence-corrected chi connectivity index (χ2v) is 5.89. The molecule has 0 bridgehead atoms. The Labute approximate surface area is 125 Å². The van der Waals surface area contributed by atoms with Crippen LogP contribution >= 0.6 is 0 Å². The van der Waals surface area contributed by atoms with Crippen molar-refractivity contribution in [2.24, 2.45) is 5.92 Å². The van der Waals surface area contributed by atoms with Crippen LogP contribution in [0.1, 0.15) is 26.3 Å². The van der Waals surface area contributed by atoms with Gasteiger partial charge in [-0.05, 0) is 32.8 Å². The number of carbonyl (C=O) groups is 2. The molecule has 0 aliphatic rings. The van der Waals surface area contributed by atoms with E-state index in [4.69, 9.17) is 5.26 Å². The van der Waals surface area contributed by atoms with E-state index in [9.17, 15) is 9.59 Å². The predicted molar refractivity (Wildman–Crippen MR) is 80.2 cm³/mol. The topological polar surface area (TPSA) is 82.0 Å². The summed E-state index contributed by atoms with van der Waals surface area (Å²) in [7, 11) is 0. The lowest BCUT2D eigenvalue weighted by Gasteiger charge is -2.20. The van der Waals surface area contributed by atoms with Crippen LogP contribution in [0.25, 0.3) is 0 Å². The summed E-state index contributed by atoms with van der Waals surface area (Å²) in [5.74, 6) is -1.49. The summed E-state index contributed by atoms with van der Waals surface area (Å²) in [6.45, 7) is 5.46. The fourth-order valence-corrected chi connectivity index (χ4v) is 1.80. The number of nitriles is 1. The third-order valence-corrected chi connectivity index (χ3v) is 2.69. The van der Waals surface area contributed by atoms with E-state index >= 15 is 0 Å². The number of rotatable bonds is 5. The van der Waals surface area contributed by atoms with Crippen molar-refractivity contribution in [3.05, 3.63) is 35.9 Å². The maximum absolute atomic E-state index is 11.9. The van der Waals surface area contributed by atoms with Crippen molar-refractivity contribution >= 4 is 11.8 Å². The zero-order valence-electron chi connectivity index (χ0n) is 12.6. The van der Waals surface area contributed by atoms with E-state index in [1.807, 2.05) is 57.2 Å². The Kier molecular flexibility index (Phi) is 5.92. The summed E-state index contributed by atoms with van der Waals surface area (Å²) in [4.78, 5) is 23.6. The first-order valence-electron chi connectivity index (χ1n) is 6.84. The lowest BCUT2D eigenvalue weighted by Crippen LogP contribution is -2.46. The van der Waals surface area contributed by atoms with E-state index in [0.29, 0.717) is 6.42 Å². The Morgan fingerprint density at radius 2 is 1.86 bits per heavy atom. The molecule has 0 radical (unpaired) electrons. The van der Waals surface area contributed by atoms with Gasteiger partial charge in [0.2, 0.25) is 11.8 Å². The Bertz CT molecular complexity index is 527. The number of carbonyl (C=O) groups excluding carboxylic acids is 2. The largest absolute Gasteiger partial charge is 0.350 e. The minimum Gasteiger partial charge on any atom is -0.350 e. The van der Waals surface area contributed by atoms with Crippen molar-refractivity contribution in [3.63, 3.8) is 0 Å².